The van der Waals surface area contributed by atoms with Crippen molar-refractivity contribution in [3.63, 3.8) is 0 Å². The number of amides is 1. The van der Waals surface area contributed by atoms with Crippen LogP contribution in [0.1, 0.15) is 23.6 Å². The number of piperazine rings is 1. The number of nitrogens with zero attached hydrogens (tertiary/aromatic N) is 3. The summed E-state index contributed by atoms with van der Waals surface area (Å²) in [4.78, 5) is 22.0. The number of hydrogen-bond donors (Lipinski definition) is 0. The minimum Gasteiger partial charge on any atom is -0.345 e. The van der Waals surface area contributed by atoms with Crippen LogP contribution in [0.4, 0.5) is 5.13 Å². The molecule has 31 heavy (non-hydrogen) atoms. The van der Waals surface area contributed by atoms with E-state index < -0.39 is 9.84 Å². The van der Waals surface area contributed by atoms with E-state index >= 15 is 0 Å². The normalized spacial score (nSPS) is 14.9. The van der Waals surface area contributed by atoms with E-state index in [4.69, 9.17) is 4.98 Å². The monoisotopic (exact) mass is 457 g/mol. The van der Waals surface area contributed by atoms with Crippen LogP contribution in [0.5, 0.6) is 0 Å². The van der Waals surface area contributed by atoms with Crippen LogP contribution in [0.3, 0.4) is 0 Å². The summed E-state index contributed by atoms with van der Waals surface area (Å²) in [5, 5.41) is 1.02. The van der Waals surface area contributed by atoms with E-state index in [1.807, 2.05) is 4.90 Å². The highest BCUT2D eigenvalue weighted by Gasteiger charge is 2.23. The van der Waals surface area contributed by atoms with Crippen molar-refractivity contribution in [1.82, 2.24) is 9.88 Å². The van der Waals surface area contributed by atoms with Crippen molar-refractivity contribution in [1.29, 1.82) is 0 Å². The minimum absolute atomic E-state index is 0.0708. The molecule has 6 nitrogen and oxygen atoms in total. The zero-order chi connectivity index (χ0) is 22.2. The fourth-order valence-electron chi connectivity index (χ4n) is 3.92. The second kappa shape index (κ2) is 8.59. The lowest BCUT2D eigenvalue weighted by Crippen LogP contribution is -2.49. The number of rotatable bonds is 5. The van der Waals surface area contributed by atoms with Gasteiger partial charge >= 0.3 is 0 Å². The van der Waals surface area contributed by atoms with Crippen LogP contribution < -0.4 is 4.90 Å². The van der Waals surface area contributed by atoms with Crippen molar-refractivity contribution < 1.29 is 13.2 Å². The van der Waals surface area contributed by atoms with Gasteiger partial charge in [0, 0.05) is 26.2 Å². The van der Waals surface area contributed by atoms with Crippen molar-refractivity contribution in [2.45, 2.75) is 32.1 Å². The van der Waals surface area contributed by atoms with E-state index in [0.717, 1.165) is 29.3 Å². The van der Waals surface area contributed by atoms with Crippen LogP contribution in [0.25, 0.3) is 10.2 Å². The molecule has 8 heteroatoms. The summed E-state index contributed by atoms with van der Waals surface area (Å²) in [5.74, 6) is 0.144. The van der Waals surface area contributed by atoms with Gasteiger partial charge in [-0.2, -0.15) is 0 Å². The van der Waals surface area contributed by atoms with Crippen molar-refractivity contribution in [2.24, 2.45) is 0 Å². The topological polar surface area (TPSA) is 70.6 Å². The number of benzene rings is 2. The summed E-state index contributed by atoms with van der Waals surface area (Å²) < 4.78 is 25.1. The largest absolute Gasteiger partial charge is 0.345 e. The quantitative estimate of drug-likeness (QED) is 0.586. The number of anilines is 1. The Labute approximate surface area is 187 Å². The lowest BCUT2D eigenvalue weighted by atomic mass is 10.1. The highest BCUT2D eigenvalue weighted by atomic mass is 32.2. The van der Waals surface area contributed by atoms with Crippen LogP contribution in [0.15, 0.2) is 41.3 Å². The molecule has 2 aromatic carbocycles. The van der Waals surface area contributed by atoms with Gasteiger partial charge in [-0.3, -0.25) is 4.79 Å². The minimum atomic E-state index is -3.22. The van der Waals surface area contributed by atoms with Gasteiger partial charge in [0.25, 0.3) is 0 Å². The molecule has 1 aromatic heterocycles. The first kappa shape index (κ1) is 21.8. The number of hydrogen-bond acceptors (Lipinski definition) is 6. The van der Waals surface area contributed by atoms with Gasteiger partial charge in [-0.15, -0.1) is 0 Å². The highest BCUT2D eigenvalue weighted by Crippen LogP contribution is 2.32. The van der Waals surface area contributed by atoms with E-state index in [0.29, 0.717) is 18.0 Å². The average Bonchev–Trinajstić information content (AvgIpc) is 3.18. The van der Waals surface area contributed by atoms with E-state index in [1.165, 1.54) is 15.8 Å². The van der Waals surface area contributed by atoms with E-state index in [-0.39, 0.29) is 18.1 Å². The Hall–Kier alpha value is -2.45. The highest BCUT2D eigenvalue weighted by molar-refractivity contribution is 7.91. The zero-order valence-corrected chi connectivity index (χ0v) is 19.7. The van der Waals surface area contributed by atoms with E-state index in [1.54, 1.807) is 42.5 Å². The number of aryl methyl sites for hydroxylation is 2. The summed E-state index contributed by atoms with van der Waals surface area (Å²) in [5.41, 5.74) is 4.35. The molecule has 1 aliphatic rings. The summed E-state index contributed by atoms with van der Waals surface area (Å²) in [6, 6.07) is 11.0. The maximum Gasteiger partial charge on any atom is 0.227 e. The zero-order valence-electron chi connectivity index (χ0n) is 18.1. The van der Waals surface area contributed by atoms with Gasteiger partial charge in [-0.25, -0.2) is 13.4 Å². The number of fused-ring (bicyclic) bond motifs is 1. The van der Waals surface area contributed by atoms with E-state index in [2.05, 4.69) is 30.9 Å². The molecular weight excluding hydrogens is 430 g/mol. The van der Waals surface area contributed by atoms with Crippen LogP contribution in [0, 0.1) is 13.8 Å². The summed E-state index contributed by atoms with van der Waals surface area (Å²) in [6.45, 7) is 8.69. The molecule has 0 N–H and O–H groups in total. The van der Waals surface area contributed by atoms with Gasteiger partial charge < -0.3 is 9.80 Å². The van der Waals surface area contributed by atoms with Crippen molar-refractivity contribution in [3.05, 3.63) is 53.1 Å². The number of carbonyl (C=O) groups is 1. The number of sulfone groups is 1. The summed E-state index contributed by atoms with van der Waals surface area (Å²) >= 11 is 1.72. The molecule has 2 heterocycles. The smallest absolute Gasteiger partial charge is 0.227 e. The van der Waals surface area contributed by atoms with Gasteiger partial charge in [0.15, 0.2) is 15.0 Å². The first-order valence-corrected chi connectivity index (χ1v) is 13.0. The number of thiazole rings is 1. The lowest BCUT2D eigenvalue weighted by molar-refractivity contribution is -0.130. The second-order valence-corrected chi connectivity index (χ2v) is 11.3. The first-order valence-electron chi connectivity index (χ1n) is 10.5. The average molecular weight is 458 g/mol. The molecule has 0 aliphatic carbocycles. The van der Waals surface area contributed by atoms with Crippen LogP contribution in [-0.2, 0) is 21.1 Å². The molecule has 4 rings (SSSR count). The van der Waals surface area contributed by atoms with Gasteiger partial charge in [-0.1, -0.05) is 36.5 Å². The maximum atomic E-state index is 12.7. The SMILES string of the molecule is CCS(=O)(=O)c1ccc(CC(=O)N2CCN(c3nc4cc(C)cc(C)c4s3)CC2)cc1. The Bertz CT molecular complexity index is 1210. The predicted octanol–water partition coefficient (Wildman–Crippen LogP) is 3.60. The van der Waals surface area contributed by atoms with Gasteiger partial charge in [0.1, 0.15) is 0 Å². The second-order valence-electron chi connectivity index (χ2n) is 8.02. The van der Waals surface area contributed by atoms with E-state index in [9.17, 15) is 13.2 Å². The molecule has 0 radical (unpaired) electrons. The van der Waals surface area contributed by atoms with Crippen LogP contribution >= 0.6 is 11.3 Å². The Kier molecular flexibility index (Phi) is 6.03. The molecule has 1 aliphatic heterocycles. The lowest BCUT2D eigenvalue weighted by Gasteiger charge is -2.34. The Morgan fingerprint density at radius 3 is 2.39 bits per heavy atom. The standard InChI is InChI=1S/C23H27N3O3S2/c1-4-31(28,29)19-7-5-18(6-8-19)15-21(27)25-9-11-26(12-10-25)23-24-20-14-16(2)13-17(3)22(20)30-23/h5-8,13-14H,4,9-12,15H2,1-3H3. The maximum absolute atomic E-state index is 12.7. The molecule has 0 bridgehead atoms. The Morgan fingerprint density at radius 2 is 1.74 bits per heavy atom. The molecule has 1 fully saturated rings. The Morgan fingerprint density at radius 1 is 1.06 bits per heavy atom. The summed E-state index contributed by atoms with van der Waals surface area (Å²) in [7, 11) is -3.22. The van der Waals surface area contributed by atoms with Gasteiger partial charge in [0.2, 0.25) is 5.91 Å². The van der Waals surface area contributed by atoms with Crippen molar-refractivity contribution >= 4 is 42.4 Å². The fraction of sp³-hybridized carbons (Fsp3) is 0.391. The molecule has 1 saturated heterocycles. The third-order valence-electron chi connectivity index (χ3n) is 5.73. The summed E-state index contributed by atoms with van der Waals surface area (Å²) in [6.07, 6.45) is 0.284. The van der Waals surface area contributed by atoms with Gasteiger partial charge in [-0.05, 0) is 48.7 Å². The molecular formula is C23H27N3O3S2. The van der Waals surface area contributed by atoms with Crippen molar-refractivity contribution in [3.8, 4) is 0 Å². The molecule has 0 unspecified atom stereocenters. The molecule has 0 saturated carbocycles. The first-order chi connectivity index (χ1) is 14.8. The molecule has 1 amide bonds. The molecule has 3 aromatic rings. The fourth-order valence-corrected chi connectivity index (χ4v) is 5.87. The molecule has 164 valence electrons. The number of carbonyl (C=O) groups excluding carboxylic acids is 1. The molecule has 0 atom stereocenters. The Balaban J connectivity index is 1.37. The van der Waals surface area contributed by atoms with Gasteiger partial charge in [0.05, 0.1) is 27.3 Å². The predicted molar refractivity (Wildman–Crippen MR) is 126 cm³/mol. The van der Waals surface area contributed by atoms with Crippen LogP contribution in [-0.4, -0.2) is 56.1 Å². The van der Waals surface area contributed by atoms with Crippen LogP contribution in [0.2, 0.25) is 0 Å². The van der Waals surface area contributed by atoms with Crippen molar-refractivity contribution in [2.75, 3.05) is 36.8 Å². The molecule has 0 spiro atoms. The third-order valence-corrected chi connectivity index (χ3v) is 8.75. The number of aromatic nitrogens is 1. The third kappa shape index (κ3) is 4.60.